The van der Waals surface area contributed by atoms with E-state index in [1.807, 2.05) is 56.3 Å². The Kier molecular flexibility index (Phi) is 3.66. The van der Waals surface area contributed by atoms with Crippen LogP contribution in [-0.2, 0) is 0 Å². The van der Waals surface area contributed by atoms with Gasteiger partial charge < -0.3 is 10.6 Å². The molecule has 5 heteroatoms. The molecule has 106 valence electrons. The largest absolute Gasteiger partial charge is 0.360 e. The van der Waals surface area contributed by atoms with Crippen molar-refractivity contribution in [1.29, 1.82) is 0 Å². The molecule has 0 saturated heterocycles. The lowest BCUT2D eigenvalue weighted by atomic mass is 10.2. The first-order valence-electron chi connectivity index (χ1n) is 6.86. The van der Waals surface area contributed by atoms with E-state index in [2.05, 4.69) is 20.6 Å². The summed E-state index contributed by atoms with van der Waals surface area (Å²) in [5.41, 5.74) is 4.44. The maximum absolute atomic E-state index is 5.25. The lowest BCUT2D eigenvalue weighted by Gasteiger charge is -2.13. The molecule has 4 nitrogen and oxygen atoms in total. The molecule has 0 unspecified atom stereocenters. The van der Waals surface area contributed by atoms with Gasteiger partial charge in [-0.25, -0.2) is 9.97 Å². The van der Waals surface area contributed by atoms with Crippen molar-refractivity contribution in [2.45, 2.75) is 19.9 Å². The normalized spacial score (nSPS) is 11.0. The van der Waals surface area contributed by atoms with Crippen LogP contribution in [-0.4, -0.2) is 21.1 Å². The van der Waals surface area contributed by atoms with Crippen LogP contribution < -0.4 is 10.6 Å². The predicted octanol–water partition coefficient (Wildman–Crippen LogP) is 3.48. The number of aromatic nitrogens is 2. The Morgan fingerprint density at radius 1 is 0.952 bits per heavy atom. The van der Waals surface area contributed by atoms with E-state index in [-0.39, 0.29) is 0 Å². The van der Waals surface area contributed by atoms with Crippen molar-refractivity contribution in [2.75, 3.05) is 5.32 Å². The van der Waals surface area contributed by atoms with Crippen molar-refractivity contribution in [1.82, 2.24) is 15.3 Å². The van der Waals surface area contributed by atoms with Crippen molar-refractivity contribution in [3.8, 4) is 0 Å². The number of fused-ring (bicyclic) bond motifs is 2. The smallest absolute Gasteiger partial charge is 0.170 e. The second kappa shape index (κ2) is 5.61. The molecular formula is C16H16N4S. The number of thiocarbonyl (C=S) groups is 1. The zero-order valence-electron chi connectivity index (χ0n) is 11.9. The van der Waals surface area contributed by atoms with E-state index in [0.717, 1.165) is 27.8 Å². The first kappa shape index (κ1) is 13.7. The molecular weight excluding hydrogens is 280 g/mol. The summed E-state index contributed by atoms with van der Waals surface area (Å²) in [6, 6.07) is 14.0. The van der Waals surface area contributed by atoms with Crippen LogP contribution in [0.3, 0.4) is 0 Å². The Hall–Kier alpha value is -2.27. The molecule has 2 aromatic carbocycles. The van der Waals surface area contributed by atoms with Gasteiger partial charge in [-0.1, -0.05) is 12.1 Å². The predicted molar refractivity (Wildman–Crippen MR) is 91.5 cm³/mol. The second-order valence-electron chi connectivity index (χ2n) is 5.17. The van der Waals surface area contributed by atoms with E-state index in [0.29, 0.717) is 11.2 Å². The quantitative estimate of drug-likeness (QED) is 0.560. The summed E-state index contributed by atoms with van der Waals surface area (Å²) >= 11 is 5.25. The maximum atomic E-state index is 5.25. The van der Waals surface area contributed by atoms with E-state index in [1.54, 1.807) is 0 Å². The van der Waals surface area contributed by atoms with Crippen molar-refractivity contribution in [3.05, 3.63) is 42.5 Å². The van der Waals surface area contributed by atoms with Gasteiger partial charge in [-0.15, -0.1) is 0 Å². The molecule has 0 saturated carbocycles. The number of benzene rings is 2. The van der Waals surface area contributed by atoms with Crippen LogP contribution >= 0.6 is 12.2 Å². The molecule has 0 amide bonds. The number of rotatable bonds is 2. The third-order valence-electron chi connectivity index (χ3n) is 3.02. The highest BCUT2D eigenvalue weighted by Crippen LogP contribution is 2.19. The van der Waals surface area contributed by atoms with Gasteiger partial charge in [0.15, 0.2) is 5.11 Å². The van der Waals surface area contributed by atoms with Gasteiger partial charge in [0, 0.05) is 11.7 Å². The molecule has 3 aromatic rings. The van der Waals surface area contributed by atoms with Gasteiger partial charge in [0.1, 0.15) is 0 Å². The standard InChI is InChI=1S/C16H16N4S/c1-10(2)17-16(21)18-11-7-8-14-15(9-11)20-13-6-4-3-5-12(13)19-14/h3-10H,1-2H3,(H2,17,18,21). The summed E-state index contributed by atoms with van der Waals surface area (Å²) in [5.74, 6) is 0. The fourth-order valence-electron chi connectivity index (χ4n) is 2.13. The summed E-state index contributed by atoms with van der Waals surface area (Å²) in [6.07, 6.45) is 0. The van der Waals surface area contributed by atoms with E-state index in [4.69, 9.17) is 12.2 Å². The van der Waals surface area contributed by atoms with Gasteiger partial charge in [0.05, 0.1) is 22.1 Å². The third kappa shape index (κ3) is 3.08. The minimum atomic E-state index is 0.300. The number of nitrogens with one attached hydrogen (secondary N) is 2. The van der Waals surface area contributed by atoms with Crippen LogP contribution in [0.25, 0.3) is 22.1 Å². The van der Waals surface area contributed by atoms with Gasteiger partial charge in [-0.3, -0.25) is 0 Å². The third-order valence-corrected chi connectivity index (χ3v) is 3.24. The molecule has 2 N–H and O–H groups in total. The van der Waals surface area contributed by atoms with Crippen molar-refractivity contribution >= 4 is 45.1 Å². The van der Waals surface area contributed by atoms with Crippen LogP contribution in [0.15, 0.2) is 42.5 Å². The fourth-order valence-corrected chi connectivity index (χ4v) is 2.48. The summed E-state index contributed by atoms with van der Waals surface area (Å²) < 4.78 is 0. The second-order valence-corrected chi connectivity index (χ2v) is 5.58. The molecule has 0 aliphatic rings. The minimum absolute atomic E-state index is 0.300. The monoisotopic (exact) mass is 296 g/mol. The molecule has 0 aliphatic carbocycles. The lowest BCUT2D eigenvalue weighted by Crippen LogP contribution is -2.33. The first-order chi connectivity index (χ1) is 10.1. The van der Waals surface area contributed by atoms with Crippen LogP contribution in [0.5, 0.6) is 0 Å². The number of para-hydroxylation sites is 2. The molecule has 1 aromatic heterocycles. The van der Waals surface area contributed by atoms with E-state index in [1.165, 1.54) is 0 Å². The highest BCUT2D eigenvalue weighted by molar-refractivity contribution is 7.80. The maximum Gasteiger partial charge on any atom is 0.170 e. The lowest BCUT2D eigenvalue weighted by molar-refractivity contribution is 0.739. The SMILES string of the molecule is CC(C)NC(=S)Nc1ccc2nc3ccccc3nc2c1. The Labute approximate surface area is 128 Å². The Morgan fingerprint density at radius 2 is 1.57 bits per heavy atom. The van der Waals surface area contributed by atoms with Gasteiger partial charge in [-0.05, 0) is 56.4 Å². The number of hydrogen-bond acceptors (Lipinski definition) is 3. The molecule has 0 atom stereocenters. The number of anilines is 1. The number of nitrogens with zero attached hydrogens (tertiary/aromatic N) is 2. The highest BCUT2D eigenvalue weighted by atomic mass is 32.1. The average molecular weight is 296 g/mol. The van der Waals surface area contributed by atoms with Gasteiger partial charge in [0.25, 0.3) is 0 Å². The van der Waals surface area contributed by atoms with Crippen LogP contribution in [0.4, 0.5) is 5.69 Å². The van der Waals surface area contributed by atoms with E-state index in [9.17, 15) is 0 Å². The van der Waals surface area contributed by atoms with Crippen molar-refractivity contribution < 1.29 is 0 Å². The highest BCUT2D eigenvalue weighted by Gasteiger charge is 2.04. The van der Waals surface area contributed by atoms with E-state index >= 15 is 0 Å². The van der Waals surface area contributed by atoms with Crippen LogP contribution in [0.2, 0.25) is 0 Å². The minimum Gasteiger partial charge on any atom is -0.360 e. The molecule has 0 radical (unpaired) electrons. The first-order valence-corrected chi connectivity index (χ1v) is 7.27. The Morgan fingerprint density at radius 3 is 2.24 bits per heavy atom. The molecule has 1 heterocycles. The van der Waals surface area contributed by atoms with Crippen LogP contribution in [0, 0.1) is 0 Å². The molecule has 0 aliphatic heterocycles. The average Bonchev–Trinajstić information content (AvgIpc) is 2.44. The van der Waals surface area contributed by atoms with E-state index < -0.39 is 0 Å². The van der Waals surface area contributed by atoms with Gasteiger partial charge in [0.2, 0.25) is 0 Å². The molecule has 0 fully saturated rings. The zero-order valence-corrected chi connectivity index (χ0v) is 12.7. The zero-order chi connectivity index (χ0) is 14.8. The van der Waals surface area contributed by atoms with Crippen molar-refractivity contribution in [2.24, 2.45) is 0 Å². The molecule has 3 rings (SSSR count). The fraction of sp³-hybridized carbons (Fsp3) is 0.188. The van der Waals surface area contributed by atoms with Crippen LogP contribution in [0.1, 0.15) is 13.8 Å². The summed E-state index contributed by atoms with van der Waals surface area (Å²) in [4.78, 5) is 9.25. The van der Waals surface area contributed by atoms with Gasteiger partial charge >= 0.3 is 0 Å². The van der Waals surface area contributed by atoms with Crippen molar-refractivity contribution in [3.63, 3.8) is 0 Å². The summed E-state index contributed by atoms with van der Waals surface area (Å²) in [6.45, 7) is 4.10. The number of hydrogen-bond donors (Lipinski definition) is 2. The summed E-state index contributed by atoms with van der Waals surface area (Å²) in [7, 11) is 0. The Bertz CT molecular complexity index is 814. The summed E-state index contributed by atoms with van der Waals surface area (Å²) in [5, 5.41) is 6.93. The topological polar surface area (TPSA) is 49.8 Å². The molecule has 21 heavy (non-hydrogen) atoms. The molecule has 0 spiro atoms. The Balaban J connectivity index is 1.95. The molecule has 0 bridgehead atoms. The van der Waals surface area contributed by atoms with Gasteiger partial charge in [-0.2, -0.15) is 0 Å².